The predicted octanol–water partition coefficient (Wildman–Crippen LogP) is 2.68. The molecule has 2 heterocycles. The molecule has 0 aliphatic rings. The molecule has 0 atom stereocenters. The summed E-state index contributed by atoms with van der Waals surface area (Å²) in [6.45, 7) is 0.120. The summed E-state index contributed by atoms with van der Waals surface area (Å²) in [7, 11) is 0. The lowest BCUT2D eigenvalue weighted by Crippen LogP contribution is -2.13. The fourth-order valence-corrected chi connectivity index (χ4v) is 2.13. The maximum Gasteiger partial charge on any atom is 0.159 e. The summed E-state index contributed by atoms with van der Waals surface area (Å²) in [6.07, 6.45) is 1.05. The van der Waals surface area contributed by atoms with Crippen LogP contribution in [0.5, 0.6) is 0 Å². The van der Waals surface area contributed by atoms with Gasteiger partial charge in [-0.15, -0.1) is 0 Å². The number of rotatable bonds is 3. The lowest BCUT2D eigenvalue weighted by molar-refractivity contribution is 0.588. The van der Waals surface area contributed by atoms with E-state index < -0.39 is 5.82 Å². The van der Waals surface area contributed by atoms with Crippen molar-refractivity contribution < 1.29 is 8.78 Å². The highest BCUT2D eigenvalue weighted by Crippen LogP contribution is 2.19. The van der Waals surface area contributed by atoms with Crippen LogP contribution in [0.15, 0.2) is 36.5 Å². The third-order valence-electron chi connectivity index (χ3n) is 3.09. The lowest BCUT2D eigenvalue weighted by atomic mass is 10.2. The van der Waals surface area contributed by atoms with Crippen LogP contribution in [0.25, 0.3) is 11.0 Å². The van der Waals surface area contributed by atoms with Gasteiger partial charge in [0.15, 0.2) is 5.65 Å². The smallest absolute Gasteiger partial charge is 0.159 e. The van der Waals surface area contributed by atoms with Crippen LogP contribution in [0, 0.1) is 17.0 Å². The van der Waals surface area contributed by atoms with E-state index in [1.165, 1.54) is 16.8 Å². The van der Waals surface area contributed by atoms with E-state index in [0.29, 0.717) is 16.6 Å². The van der Waals surface area contributed by atoms with E-state index in [1.54, 1.807) is 18.2 Å². The fraction of sp³-hybridized carbons (Fsp3) is 0.133. The standard InChI is InChI=1S/C14H11F2N5.CH4/c15-9-5-10-12(13(17)18)20-21(14(10)19-6-9)7-8-3-1-2-4-11(8)16;/h1-6H,7H2,(H3,17,18);1H4. The summed E-state index contributed by atoms with van der Waals surface area (Å²) in [6, 6.07) is 7.49. The number of nitrogen functional groups attached to an aromatic ring is 1. The first-order valence-corrected chi connectivity index (χ1v) is 6.16. The van der Waals surface area contributed by atoms with Gasteiger partial charge in [0, 0.05) is 5.56 Å². The van der Waals surface area contributed by atoms with Crippen LogP contribution in [0.3, 0.4) is 0 Å². The monoisotopic (exact) mass is 303 g/mol. The van der Waals surface area contributed by atoms with Crippen molar-refractivity contribution >= 4 is 16.9 Å². The highest BCUT2D eigenvalue weighted by atomic mass is 19.1. The third-order valence-corrected chi connectivity index (χ3v) is 3.09. The molecule has 0 aliphatic heterocycles. The first-order chi connectivity index (χ1) is 10.1. The summed E-state index contributed by atoms with van der Waals surface area (Å²) >= 11 is 0. The molecule has 3 aromatic rings. The average Bonchev–Trinajstić information content (AvgIpc) is 2.79. The van der Waals surface area contributed by atoms with Crippen LogP contribution < -0.4 is 5.73 Å². The Morgan fingerprint density at radius 2 is 2.00 bits per heavy atom. The van der Waals surface area contributed by atoms with E-state index >= 15 is 0 Å². The van der Waals surface area contributed by atoms with Crippen molar-refractivity contribution in [2.24, 2.45) is 5.73 Å². The molecule has 0 aliphatic carbocycles. The summed E-state index contributed by atoms with van der Waals surface area (Å²) < 4.78 is 28.4. The molecule has 114 valence electrons. The molecule has 0 radical (unpaired) electrons. The van der Waals surface area contributed by atoms with Crippen LogP contribution in [-0.4, -0.2) is 20.6 Å². The normalized spacial score (nSPS) is 10.5. The van der Waals surface area contributed by atoms with Gasteiger partial charge in [0.05, 0.1) is 18.1 Å². The zero-order valence-electron chi connectivity index (χ0n) is 10.8. The van der Waals surface area contributed by atoms with Crippen molar-refractivity contribution in [1.82, 2.24) is 14.8 Å². The van der Waals surface area contributed by atoms with Crippen LogP contribution >= 0.6 is 0 Å². The molecule has 0 bridgehead atoms. The van der Waals surface area contributed by atoms with E-state index in [2.05, 4.69) is 10.1 Å². The topological polar surface area (TPSA) is 80.6 Å². The zero-order valence-corrected chi connectivity index (χ0v) is 10.8. The van der Waals surface area contributed by atoms with E-state index in [9.17, 15) is 8.78 Å². The molecule has 0 saturated carbocycles. The van der Waals surface area contributed by atoms with Crippen molar-refractivity contribution in [1.29, 1.82) is 5.41 Å². The molecule has 2 aromatic heterocycles. The Kier molecular flexibility index (Phi) is 4.16. The van der Waals surface area contributed by atoms with Gasteiger partial charge in [-0.25, -0.2) is 18.4 Å². The average molecular weight is 303 g/mol. The Balaban J connectivity index is 0.00000176. The molecule has 0 spiro atoms. The van der Waals surface area contributed by atoms with Crippen molar-refractivity contribution in [2.75, 3.05) is 0 Å². The highest BCUT2D eigenvalue weighted by molar-refractivity contribution is 6.04. The first-order valence-electron chi connectivity index (χ1n) is 6.16. The maximum absolute atomic E-state index is 13.7. The molecule has 0 amide bonds. The van der Waals surface area contributed by atoms with Crippen molar-refractivity contribution in [3.63, 3.8) is 0 Å². The molecule has 1 aromatic carbocycles. The van der Waals surface area contributed by atoms with Crippen LogP contribution in [0.2, 0.25) is 0 Å². The second-order valence-electron chi connectivity index (χ2n) is 4.54. The van der Waals surface area contributed by atoms with E-state index in [1.807, 2.05) is 0 Å². The predicted molar refractivity (Wildman–Crippen MR) is 80.7 cm³/mol. The van der Waals surface area contributed by atoms with Gasteiger partial charge >= 0.3 is 0 Å². The molecule has 0 unspecified atom stereocenters. The largest absolute Gasteiger partial charge is 0.382 e. The van der Waals surface area contributed by atoms with Crippen molar-refractivity contribution in [3.05, 3.63) is 59.4 Å². The quantitative estimate of drug-likeness (QED) is 0.576. The molecule has 3 rings (SSSR count). The van der Waals surface area contributed by atoms with Crippen LogP contribution in [-0.2, 0) is 6.54 Å². The molecule has 5 nitrogen and oxygen atoms in total. The van der Waals surface area contributed by atoms with Gasteiger partial charge in [-0.3, -0.25) is 5.41 Å². The third kappa shape index (κ3) is 2.65. The van der Waals surface area contributed by atoms with Crippen molar-refractivity contribution in [3.8, 4) is 0 Å². The number of nitrogens with zero attached hydrogens (tertiary/aromatic N) is 3. The zero-order chi connectivity index (χ0) is 15.0. The minimum atomic E-state index is -0.546. The highest BCUT2D eigenvalue weighted by Gasteiger charge is 2.15. The molecule has 0 saturated heterocycles. The number of aromatic nitrogens is 3. The molecule has 0 fully saturated rings. The van der Waals surface area contributed by atoms with Gasteiger partial charge in [-0.05, 0) is 12.1 Å². The fourth-order valence-electron chi connectivity index (χ4n) is 2.13. The number of hydrogen-bond acceptors (Lipinski definition) is 3. The van der Waals surface area contributed by atoms with E-state index in [-0.39, 0.29) is 31.3 Å². The van der Waals surface area contributed by atoms with Gasteiger partial charge in [-0.2, -0.15) is 5.10 Å². The van der Waals surface area contributed by atoms with Crippen molar-refractivity contribution in [2.45, 2.75) is 14.0 Å². The Bertz CT molecular complexity index is 841. The number of amidine groups is 1. The maximum atomic E-state index is 13.7. The number of nitrogens with two attached hydrogens (primary N) is 1. The number of pyridine rings is 1. The summed E-state index contributed by atoms with van der Waals surface area (Å²) in [5.74, 6) is -1.21. The SMILES string of the molecule is C.N=C(N)c1nn(Cc2ccccc2F)c2ncc(F)cc12. The van der Waals surface area contributed by atoms with Crippen LogP contribution in [0.1, 0.15) is 18.7 Å². The van der Waals surface area contributed by atoms with E-state index in [0.717, 1.165) is 6.20 Å². The Morgan fingerprint density at radius 3 is 2.68 bits per heavy atom. The number of benzene rings is 1. The molecule has 7 heteroatoms. The Morgan fingerprint density at radius 1 is 1.27 bits per heavy atom. The summed E-state index contributed by atoms with van der Waals surface area (Å²) in [5, 5.41) is 12.0. The second-order valence-corrected chi connectivity index (χ2v) is 4.54. The molecule has 22 heavy (non-hydrogen) atoms. The number of hydrogen-bond donors (Lipinski definition) is 2. The van der Waals surface area contributed by atoms with Crippen LogP contribution in [0.4, 0.5) is 8.78 Å². The summed E-state index contributed by atoms with van der Waals surface area (Å²) in [5.41, 5.74) is 6.35. The molecule has 3 N–H and O–H groups in total. The van der Waals surface area contributed by atoms with Gasteiger partial charge < -0.3 is 5.73 Å². The lowest BCUT2D eigenvalue weighted by Gasteiger charge is -2.04. The number of halogens is 2. The Labute approximate surface area is 125 Å². The number of fused-ring (bicyclic) bond motifs is 1. The van der Waals surface area contributed by atoms with Gasteiger partial charge in [0.25, 0.3) is 0 Å². The van der Waals surface area contributed by atoms with Gasteiger partial charge in [0.1, 0.15) is 23.2 Å². The minimum absolute atomic E-state index is 0. The van der Waals surface area contributed by atoms with Gasteiger partial charge in [-0.1, -0.05) is 25.6 Å². The Hall–Kier alpha value is -2.83. The number of nitrogens with one attached hydrogen (secondary N) is 1. The summed E-state index contributed by atoms with van der Waals surface area (Å²) in [4.78, 5) is 3.96. The minimum Gasteiger partial charge on any atom is -0.382 e. The van der Waals surface area contributed by atoms with Gasteiger partial charge in [0.2, 0.25) is 0 Å². The molecular weight excluding hydrogens is 288 g/mol. The van der Waals surface area contributed by atoms with E-state index in [4.69, 9.17) is 11.1 Å². The molecular formula is C15H15F2N5. The second kappa shape index (κ2) is 5.88. The first kappa shape index (κ1) is 15.6.